The van der Waals surface area contributed by atoms with Crippen molar-refractivity contribution >= 4 is 33.5 Å². The van der Waals surface area contributed by atoms with Crippen molar-refractivity contribution in [1.82, 2.24) is 0 Å². The second-order valence-electron chi connectivity index (χ2n) is 10.7. The van der Waals surface area contributed by atoms with Gasteiger partial charge in [-0.25, -0.2) is 0 Å². The lowest BCUT2D eigenvalue weighted by molar-refractivity contribution is -0.148. The van der Waals surface area contributed by atoms with Gasteiger partial charge in [-0.3, -0.25) is 18.0 Å². The molecule has 192 valence electrons. The van der Waals surface area contributed by atoms with Gasteiger partial charge in [-0.15, -0.1) is 0 Å². The van der Waals surface area contributed by atoms with Crippen LogP contribution in [0.4, 0.5) is 0 Å². The van der Waals surface area contributed by atoms with Crippen LogP contribution in [0.3, 0.4) is 0 Å². The summed E-state index contributed by atoms with van der Waals surface area (Å²) >= 11 is 0. The molecule has 0 aromatic rings. The average Bonchev–Trinajstić information content (AvgIpc) is 3.29. The highest BCUT2D eigenvalue weighted by atomic mass is 32.2. The molecule has 4 atom stereocenters. The summed E-state index contributed by atoms with van der Waals surface area (Å²) in [6, 6.07) is 0. The Morgan fingerprint density at radius 1 is 0.912 bits per heavy atom. The normalized spacial score (nSPS) is 25.5. The van der Waals surface area contributed by atoms with Gasteiger partial charge in [0.25, 0.3) is 0 Å². The molecule has 2 N–H and O–H groups in total. The molecule has 0 amide bonds. The number of carboxylic acid groups (broad SMARTS) is 2. The summed E-state index contributed by atoms with van der Waals surface area (Å²) in [5, 5.41) is 18.4. The first-order chi connectivity index (χ1) is 15.8. The molecular formula is C26H40O6S2. The monoisotopic (exact) mass is 512 g/mol. The van der Waals surface area contributed by atoms with Crippen molar-refractivity contribution < 1.29 is 28.2 Å². The van der Waals surface area contributed by atoms with Gasteiger partial charge in [0.1, 0.15) is 0 Å². The highest BCUT2D eigenvalue weighted by Gasteiger charge is 2.29. The molecule has 0 saturated carbocycles. The number of carboxylic acids is 2. The molecule has 2 heterocycles. The first-order valence-corrected chi connectivity index (χ1v) is 14.6. The summed E-state index contributed by atoms with van der Waals surface area (Å²) in [5.74, 6) is -1.57. The van der Waals surface area contributed by atoms with Gasteiger partial charge in [0.2, 0.25) is 0 Å². The quantitative estimate of drug-likeness (QED) is 0.289. The molecule has 2 rings (SSSR count). The Morgan fingerprint density at radius 2 is 1.50 bits per heavy atom. The lowest BCUT2D eigenvalue weighted by Crippen LogP contribution is -2.23. The Hall–Kier alpha value is -1.54. The van der Waals surface area contributed by atoms with Crippen molar-refractivity contribution in [2.45, 2.75) is 102 Å². The lowest BCUT2D eigenvalue weighted by atomic mass is 9.87. The molecule has 0 fully saturated rings. The third-order valence-corrected chi connectivity index (χ3v) is 10.5. The smallest absolute Gasteiger partial charge is 0.309 e. The van der Waals surface area contributed by atoms with Gasteiger partial charge in [0.05, 0.1) is 37.7 Å². The highest BCUT2D eigenvalue weighted by Crippen LogP contribution is 2.32. The van der Waals surface area contributed by atoms with Crippen LogP contribution >= 0.6 is 0 Å². The Kier molecular flexibility index (Phi) is 10.5. The predicted octanol–water partition coefficient (Wildman–Crippen LogP) is 5.69. The first-order valence-electron chi connectivity index (χ1n) is 12.2. The zero-order valence-corrected chi connectivity index (χ0v) is 22.5. The number of allylic oxidation sites excluding steroid dienone is 4. The molecule has 34 heavy (non-hydrogen) atoms. The fourth-order valence-electron chi connectivity index (χ4n) is 4.15. The van der Waals surface area contributed by atoms with Crippen LogP contribution in [0.15, 0.2) is 34.1 Å². The van der Waals surface area contributed by atoms with Gasteiger partial charge in [-0.2, -0.15) is 0 Å². The summed E-state index contributed by atoms with van der Waals surface area (Å²) in [4.78, 5) is 24.1. The van der Waals surface area contributed by atoms with E-state index in [0.717, 1.165) is 54.8 Å². The molecule has 0 aromatic carbocycles. The van der Waals surface area contributed by atoms with Crippen molar-refractivity contribution in [1.29, 1.82) is 0 Å². The van der Waals surface area contributed by atoms with Gasteiger partial charge in [0.15, 0.2) is 0 Å². The number of hydrogen-bond donors (Lipinski definition) is 2. The van der Waals surface area contributed by atoms with E-state index in [1.807, 2.05) is 24.3 Å². The Labute approximate surface area is 208 Å². The van der Waals surface area contributed by atoms with E-state index in [2.05, 4.69) is 0 Å². The van der Waals surface area contributed by atoms with Gasteiger partial charge < -0.3 is 10.2 Å². The molecule has 0 bridgehead atoms. The number of carbonyl (C=O) groups is 2. The fourth-order valence-corrected chi connectivity index (χ4v) is 7.15. The maximum atomic E-state index is 12.8. The molecule has 2 aliphatic rings. The number of aliphatic carboxylic acids is 2. The Bertz CT molecular complexity index is 897. The molecule has 8 heteroatoms. The zero-order valence-electron chi connectivity index (χ0n) is 20.9. The van der Waals surface area contributed by atoms with Crippen LogP contribution in [-0.4, -0.2) is 41.1 Å². The van der Waals surface area contributed by atoms with Crippen molar-refractivity contribution in [3.63, 3.8) is 0 Å². The average molecular weight is 513 g/mol. The summed E-state index contributed by atoms with van der Waals surface area (Å²) in [6.45, 7) is 6.94. The van der Waals surface area contributed by atoms with Crippen LogP contribution in [0.2, 0.25) is 0 Å². The predicted molar refractivity (Wildman–Crippen MR) is 138 cm³/mol. The molecule has 4 unspecified atom stereocenters. The molecule has 0 saturated heterocycles. The van der Waals surface area contributed by atoms with Crippen molar-refractivity contribution in [2.24, 2.45) is 10.8 Å². The van der Waals surface area contributed by atoms with Crippen LogP contribution in [0.25, 0.3) is 0 Å². The third-order valence-electron chi connectivity index (χ3n) is 6.91. The van der Waals surface area contributed by atoms with Gasteiger partial charge in [-0.05, 0) is 78.7 Å². The largest absolute Gasteiger partial charge is 0.481 e. The Balaban J connectivity index is 1.73. The van der Waals surface area contributed by atoms with Gasteiger partial charge >= 0.3 is 11.9 Å². The minimum absolute atomic E-state index is 0.0744. The molecule has 0 aromatic heterocycles. The SMILES string of the molecule is CC(C)(CCCCC1=CCC(C=CC2=CCC(CCCCC(C)(C)C(=O)O)S2=O)S1=O)C(=O)O. The van der Waals surface area contributed by atoms with Crippen molar-refractivity contribution in [3.05, 3.63) is 34.1 Å². The standard InChI is InChI=1S/C26H40O6S2/c1-25(2,23(27)28)17-7-5-9-19-11-13-21(33(19)31)15-16-22-14-12-20(34(22)32)10-6-8-18-26(3,4)24(29)30/h11,14-16,20-21H,5-10,12-13,17-18H2,1-4H3,(H,27,28)(H,29,30). The van der Waals surface area contributed by atoms with Crippen LogP contribution in [0.5, 0.6) is 0 Å². The highest BCUT2D eigenvalue weighted by molar-refractivity contribution is 7.90. The van der Waals surface area contributed by atoms with E-state index in [1.54, 1.807) is 27.7 Å². The molecular weight excluding hydrogens is 472 g/mol. The van der Waals surface area contributed by atoms with Crippen LogP contribution in [-0.2, 0) is 31.2 Å². The summed E-state index contributed by atoms with van der Waals surface area (Å²) < 4.78 is 25.6. The lowest BCUT2D eigenvalue weighted by Gasteiger charge is -2.19. The van der Waals surface area contributed by atoms with E-state index in [0.29, 0.717) is 19.3 Å². The second kappa shape index (κ2) is 12.4. The topological polar surface area (TPSA) is 109 Å². The van der Waals surface area contributed by atoms with E-state index in [1.165, 1.54) is 0 Å². The van der Waals surface area contributed by atoms with Crippen molar-refractivity contribution in [3.8, 4) is 0 Å². The van der Waals surface area contributed by atoms with Crippen LogP contribution in [0, 0.1) is 10.8 Å². The molecule has 0 aliphatic carbocycles. The maximum Gasteiger partial charge on any atom is 0.309 e. The van der Waals surface area contributed by atoms with Crippen LogP contribution < -0.4 is 0 Å². The molecule has 2 aliphatic heterocycles. The van der Waals surface area contributed by atoms with E-state index in [4.69, 9.17) is 0 Å². The molecule has 6 nitrogen and oxygen atoms in total. The van der Waals surface area contributed by atoms with E-state index in [-0.39, 0.29) is 10.5 Å². The fraction of sp³-hybridized carbons (Fsp3) is 0.692. The second-order valence-corrected chi connectivity index (χ2v) is 14.2. The molecule has 0 spiro atoms. The number of hydrogen-bond acceptors (Lipinski definition) is 4. The minimum Gasteiger partial charge on any atom is -0.481 e. The van der Waals surface area contributed by atoms with E-state index in [9.17, 15) is 28.2 Å². The minimum atomic E-state index is -1.09. The van der Waals surface area contributed by atoms with E-state index < -0.39 is 44.4 Å². The van der Waals surface area contributed by atoms with E-state index >= 15 is 0 Å². The number of unbranched alkanes of at least 4 members (excludes halogenated alkanes) is 2. The van der Waals surface area contributed by atoms with Gasteiger partial charge in [0, 0.05) is 15.1 Å². The summed E-state index contributed by atoms with van der Waals surface area (Å²) in [6.07, 6.45) is 15.4. The summed E-state index contributed by atoms with van der Waals surface area (Å²) in [7, 11) is -2.16. The Morgan fingerprint density at radius 3 is 2.09 bits per heavy atom. The number of rotatable bonds is 14. The van der Waals surface area contributed by atoms with Crippen molar-refractivity contribution in [2.75, 3.05) is 0 Å². The zero-order chi connectivity index (χ0) is 25.5. The van der Waals surface area contributed by atoms with Crippen LogP contribution in [0.1, 0.15) is 91.9 Å². The first kappa shape index (κ1) is 28.7. The maximum absolute atomic E-state index is 12.8. The van der Waals surface area contributed by atoms with Gasteiger partial charge in [-0.1, -0.05) is 37.5 Å². The summed E-state index contributed by atoms with van der Waals surface area (Å²) in [5.41, 5.74) is -1.45. The third kappa shape index (κ3) is 8.01. The molecule has 0 radical (unpaired) electrons.